The topological polar surface area (TPSA) is 96.8 Å². The predicted molar refractivity (Wildman–Crippen MR) is 122 cm³/mol. The van der Waals surface area contributed by atoms with Crippen LogP contribution in [0.2, 0.25) is 0 Å². The zero-order valence-electron chi connectivity index (χ0n) is 20.0. The molecule has 4 atom stereocenters. The summed E-state index contributed by atoms with van der Waals surface area (Å²) >= 11 is 0. The monoisotopic (exact) mass is 476 g/mol. The number of ether oxygens (including phenoxy) is 4. The quantitative estimate of drug-likeness (QED) is 0.555. The summed E-state index contributed by atoms with van der Waals surface area (Å²) in [6.45, 7) is 8.27. The van der Waals surface area contributed by atoms with E-state index < -0.39 is 21.2 Å². The Hall–Kier alpha value is -2.23. The SMILES string of the molecule is CC[C@H]1C[C@@H](c2cnc(S(C)(=O)=O)nc2OCc2ccc(OC)cc2)[C@]2(C)OC(C)(C)O[C@H]12. The lowest BCUT2D eigenvalue weighted by molar-refractivity contribution is -0.171. The second-order valence-electron chi connectivity index (χ2n) is 9.50. The fraction of sp³-hybridized carbons (Fsp3) is 0.583. The molecular formula is C24H32N2O6S. The van der Waals surface area contributed by atoms with Crippen molar-refractivity contribution in [1.82, 2.24) is 9.97 Å². The Balaban J connectivity index is 1.71. The third kappa shape index (κ3) is 4.58. The fourth-order valence-corrected chi connectivity index (χ4v) is 5.60. The van der Waals surface area contributed by atoms with E-state index in [-0.39, 0.29) is 29.7 Å². The van der Waals surface area contributed by atoms with Crippen molar-refractivity contribution in [3.8, 4) is 11.6 Å². The first-order valence-electron chi connectivity index (χ1n) is 11.2. The Labute approximate surface area is 195 Å². The van der Waals surface area contributed by atoms with Crippen LogP contribution in [0.4, 0.5) is 0 Å². The number of aromatic nitrogens is 2. The third-order valence-electron chi connectivity index (χ3n) is 6.62. The summed E-state index contributed by atoms with van der Waals surface area (Å²) in [6.07, 6.45) is 4.35. The molecule has 0 unspecified atom stereocenters. The first kappa shape index (κ1) is 23.9. The number of rotatable bonds is 7. The Morgan fingerprint density at radius 3 is 2.48 bits per heavy atom. The van der Waals surface area contributed by atoms with Crippen molar-refractivity contribution in [2.75, 3.05) is 13.4 Å². The van der Waals surface area contributed by atoms with Gasteiger partial charge in [-0.15, -0.1) is 0 Å². The molecule has 8 nitrogen and oxygen atoms in total. The molecule has 33 heavy (non-hydrogen) atoms. The van der Waals surface area contributed by atoms with Gasteiger partial charge < -0.3 is 18.9 Å². The molecule has 2 heterocycles. The van der Waals surface area contributed by atoms with Gasteiger partial charge in [0.2, 0.25) is 20.9 Å². The molecule has 180 valence electrons. The van der Waals surface area contributed by atoms with Crippen molar-refractivity contribution in [2.45, 2.75) is 75.7 Å². The Morgan fingerprint density at radius 2 is 1.88 bits per heavy atom. The standard InChI is InChI=1S/C24H32N2O6S/c1-7-16-12-19(24(4)20(16)31-23(2,3)32-24)18-13-25-22(33(6,27)28)26-21(18)30-14-15-8-10-17(29-5)11-9-15/h8-11,13,16,19-20H,7,12,14H2,1-6H3/t16-,19-,20+,24-/m0/s1. The number of fused-ring (bicyclic) bond motifs is 1. The zero-order valence-corrected chi connectivity index (χ0v) is 20.8. The maximum atomic E-state index is 12.2. The van der Waals surface area contributed by atoms with Gasteiger partial charge in [0.05, 0.1) is 13.2 Å². The molecular weight excluding hydrogens is 444 g/mol. The molecule has 1 aromatic carbocycles. The zero-order chi connectivity index (χ0) is 24.0. The van der Waals surface area contributed by atoms with Crippen LogP contribution in [-0.2, 0) is 25.9 Å². The van der Waals surface area contributed by atoms with Gasteiger partial charge in [0.25, 0.3) is 0 Å². The van der Waals surface area contributed by atoms with Gasteiger partial charge in [-0.05, 0) is 50.8 Å². The highest BCUT2D eigenvalue weighted by atomic mass is 32.2. The smallest absolute Gasteiger partial charge is 0.250 e. The maximum absolute atomic E-state index is 12.2. The number of nitrogens with zero attached hydrogens (tertiary/aromatic N) is 2. The van der Waals surface area contributed by atoms with Gasteiger partial charge in [-0.25, -0.2) is 13.4 Å². The molecule has 1 saturated carbocycles. The Morgan fingerprint density at radius 1 is 1.18 bits per heavy atom. The molecule has 1 aromatic heterocycles. The summed E-state index contributed by atoms with van der Waals surface area (Å²) in [5, 5.41) is -0.258. The van der Waals surface area contributed by atoms with Gasteiger partial charge in [0, 0.05) is 23.9 Å². The van der Waals surface area contributed by atoms with E-state index in [4.69, 9.17) is 18.9 Å². The van der Waals surface area contributed by atoms with Gasteiger partial charge in [-0.3, -0.25) is 0 Å². The van der Waals surface area contributed by atoms with Gasteiger partial charge in [0.1, 0.15) is 18.0 Å². The second-order valence-corrected chi connectivity index (χ2v) is 11.4. The van der Waals surface area contributed by atoms with Crippen LogP contribution in [0.3, 0.4) is 0 Å². The van der Waals surface area contributed by atoms with Gasteiger partial charge >= 0.3 is 0 Å². The highest BCUT2D eigenvalue weighted by Gasteiger charge is 2.62. The van der Waals surface area contributed by atoms with Gasteiger partial charge in [-0.1, -0.05) is 25.5 Å². The van der Waals surface area contributed by atoms with Crippen LogP contribution in [0.5, 0.6) is 11.6 Å². The normalized spacial score (nSPS) is 28.5. The van der Waals surface area contributed by atoms with Crippen LogP contribution in [0.1, 0.15) is 57.6 Å². The molecule has 0 amide bonds. The Kier molecular flexibility index (Phi) is 6.18. The molecule has 1 aliphatic heterocycles. The minimum atomic E-state index is -3.60. The van der Waals surface area contributed by atoms with Crippen molar-refractivity contribution in [3.63, 3.8) is 0 Å². The third-order valence-corrected chi connectivity index (χ3v) is 7.48. The molecule has 2 fully saturated rings. The highest BCUT2D eigenvalue weighted by Crippen LogP contribution is 2.57. The molecule has 0 N–H and O–H groups in total. The molecule has 9 heteroatoms. The number of methoxy groups -OCH3 is 1. The van der Waals surface area contributed by atoms with Crippen molar-refractivity contribution in [2.24, 2.45) is 5.92 Å². The average molecular weight is 477 g/mol. The molecule has 1 saturated heterocycles. The van der Waals surface area contributed by atoms with E-state index >= 15 is 0 Å². The van der Waals surface area contributed by atoms with E-state index in [9.17, 15) is 8.42 Å². The van der Waals surface area contributed by atoms with Crippen LogP contribution in [0.15, 0.2) is 35.6 Å². The van der Waals surface area contributed by atoms with Crippen LogP contribution >= 0.6 is 0 Å². The van der Waals surface area contributed by atoms with E-state index in [2.05, 4.69) is 23.8 Å². The van der Waals surface area contributed by atoms with Crippen LogP contribution in [0, 0.1) is 5.92 Å². The summed E-state index contributed by atoms with van der Waals surface area (Å²) in [6, 6.07) is 7.49. The van der Waals surface area contributed by atoms with Crippen molar-refractivity contribution >= 4 is 9.84 Å². The lowest BCUT2D eigenvalue weighted by Crippen LogP contribution is -2.39. The first-order chi connectivity index (χ1) is 15.5. The van der Waals surface area contributed by atoms with E-state index in [1.54, 1.807) is 13.3 Å². The summed E-state index contributed by atoms with van der Waals surface area (Å²) in [7, 11) is -1.99. The molecule has 1 aliphatic carbocycles. The lowest BCUT2D eigenvalue weighted by atomic mass is 9.86. The number of hydrogen-bond donors (Lipinski definition) is 0. The van der Waals surface area contributed by atoms with E-state index in [1.807, 2.05) is 38.1 Å². The highest BCUT2D eigenvalue weighted by molar-refractivity contribution is 7.90. The first-order valence-corrected chi connectivity index (χ1v) is 13.1. The predicted octanol–water partition coefficient (Wildman–Crippen LogP) is 3.89. The van der Waals surface area contributed by atoms with Gasteiger partial charge in [-0.2, -0.15) is 4.98 Å². The lowest BCUT2D eigenvalue weighted by Gasteiger charge is -2.31. The number of hydrogen-bond acceptors (Lipinski definition) is 8. The van der Waals surface area contributed by atoms with E-state index in [0.29, 0.717) is 5.92 Å². The molecule has 4 rings (SSSR count). The molecule has 2 aliphatic rings. The minimum Gasteiger partial charge on any atom is -0.497 e. The van der Waals surface area contributed by atoms with Crippen molar-refractivity contribution in [3.05, 3.63) is 41.6 Å². The van der Waals surface area contributed by atoms with Crippen molar-refractivity contribution < 1.29 is 27.4 Å². The summed E-state index contributed by atoms with van der Waals surface area (Å²) in [5.41, 5.74) is 1.05. The van der Waals surface area contributed by atoms with Crippen LogP contribution < -0.4 is 9.47 Å². The maximum Gasteiger partial charge on any atom is 0.250 e. The van der Waals surface area contributed by atoms with Crippen molar-refractivity contribution in [1.29, 1.82) is 0 Å². The van der Waals surface area contributed by atoms with Crippen LogP contribution in [-0.4, -0.2) is 49.2 Å². The summed E-state index contributed by atoms with van der Waals surface area (Å²) in [5.74, 6) is 0.497. The van der Waals surface area contributed by atoms with Crippen LogP contribution in [0.25, 0.3) is 0 Å². The molecule has 0 radical (unpaired) electrons. The number of sulfone groups is 1. The largest absolute Gasteiger partial charge is 0.497 e. The molecule has 2 aromatic rings. The Bertz CT molecular complexity index is 1120. The summed E-state index contributed by atoms with van der Waals surface area (Å²) < 4.78 is 48.3. The fourth-order valence-electron chi connectivity index (χ4n) is 5.11. The number of benzene rings is 1. The average Bonchev–Trinajstić information content (AvgIpc) is 3.16. The second kappa shape index (κ2) is 8.52. The van der Waals surface area contributed by atoms with E-state index in [0.717, 1.165) is 36.0 Å². The minimum absolute atomic E-state index is 0.0773. The van der Waals surface area contributed by atoms with E-state index in [1.165, 1.54) is 0 Å². The molecule has 0 spiro atoms. The summed E-state index contributed by atoms with van der Waals surface area (Å²) in [4.78, 5) is 8.50. The molecule has 0 bridgehead atoms. The van der Waals surface area contributed by atoms with Gasteiger partial charge in [0.15, 0.2) is 5.79 Å².